The molecule has 2 aromatic carbocycles. The Kier molecular flexibility index (Phi) is 3.84. The third-order valence-electron chi connectivity index (χ3n) is 3.36. The summed E-state index contributed by atoms with van der Waals surface area (Å²) in [6.45, 7) is 0.579. The Morgan fingerprint density at radius 3 is 2.76 bits per heavy atom. The lowest BCUT2D eigenvalue weighted by Crippen LogP contribution is -2.03. The molecule has 21 heavy (non-hydrogen) atoms. The Hall–Kier alpha value is -2.39. The van der Waals surface area contributed by atoms with Crippen LogP contribution in [-0.4, -0.2) is 11.3 Å². The molecule has 3 rings (SSSR count). The van der Waals surface area contributed by atoms with Gasteiger partial charge < -0.3 is 5.32 Å². The Balaban J connectivity index is 1.91. The summed E-state index contributed by atoms with van der Waals surface area (Å²) in [6.07, 6.45) is 2.55. The first kappa shape index (κ1) is 13.6. The van der Waals surface area contributed by atoms with Gasteiger partial charge in [0.25, 0.3) is 0 Å². The fourth-order valence-corrected chi connectivity index (χ4v) is 2.53. The molecular weight excluding hydrogens is 284 g/mol. The minimum Gasteiger partial charge on any atom is -0.380 e. The van der Waals surface area contributed by atoms with Crippen LogP contribution in [-0.2, 0) is 6.54 Å². The molecule has 0 amide bonds. The van der Waals surface area contributed by atoms with Crippen molar-refractivity contribution in [1.29, 1.82) is 0 Å². The number of para-hydroxylation sites is 1. The number of hydrogen-bond donors (Lipinski definition) is 1. The van der Waals surface area contributed by atoms with E-state index in [0.29, 0.717) is 17.1 Å². The van der Waals surface area contributed by atoms with Gasteiger partial charge in [0.2, 0.25) is 0 Å². The molecule has 1 aromatic heterocycles. The summed E-state index contributed by atoms with van der Waals surface area (Å²) >= 11 is 6.02. The van der Waals surface area contributed by atoms with E-state index in [4.69, 9.17) is 11.6 Å². The fourth-order valence-electron chi connectivity index (χ4n) is 2.31. The fraction of sp³-hybridized carbons (Fsp3) is 0.0588. The van der Waals surface area contributed by atoms with Crippen LogP contribution in [0.5, 0.6) is 0 Å². The molecule has 0 saturated carbocycles. The Morgan fingerprint density at radius 2 is 1.90 bits per heavy atom. The van der Waals surface area contributed by atoms with E-state index >= 15 is 0 Å². The average molecular weight is 297 g/mol. The zero-order valence-electron chi connectivity index (χ0n) is 11.2. The van der Waals surface area contributed by atoms with Crippen molar-refractivity contribution in [3.8, 4) is 0 Å². The zero-order valence-corrected chi connectivity index (χ0v) is 12.0. The molecule has 0 radical (unpaired) electrons. The van der Waals surface area contributed by atoms with E-state index in [-0.39, 0.29) is 0 Å². The molecule has 1 N–H and O–H groups in total. The second kappa shape index (κ2) is 5.94. The lowest BCUT2D eigenvalue weighted by molar-refractivity contribution is 0.112. The zero-order chi connectivity index (χ0) is 14.7. The molecule has 0 spiro atoms. The maximum absolute atomic E-state index is 11.1. The van der Waals surface area contributed by atoms with Gasteiger partial charge in [0.1, 0.15) is 0 Å². The Morgan fingerprint density at radius 1 is 1.10 bits per heavy atom. The minimum absolute atomic E-state index is 0.450. The molecule has 0 aliphatic carbocycles. The Bertz CT molecular complexity index is 796. The highest BCUT2D eigenvalue weighted by Gasteiger charge is 2.07. The van der Waals surface area contributed by atoms with Gasteiger partial charge in [-0.05, 0) is 23.8 Å². The van der Waals surface area contributed by atoms with Gasteiger partial charge >= 0.3 is 0 Å². The summed E-state index contributed by atoms with van der Waals surface area (Å²) in [4.78, 5) is 15.6. The van der Waals surface area contributed by atoms with Gasteiger partial charge in [-0.15, -0.1) is 0 Å². The average Bonchev–Trinajstić information content (AvgIpc) is 2.53. The first-order valence-corrected chi connectivity index (χ1v) is 6.97. The van der Waals surface area contributed by atoms with Crippen molar-refractivity contribution in [2.24, 2.45) is 0 Å². The Labute approximate surface area is 127 Å². The van der Waals surface area contributed by atoms with E-state index in [1.54, 1.807) is 12.3 Å². The van der Waals surface area contributed by atoms with Crippen molar-refractivity contribution in [1.82, 2.24) is 4.98 Å². The van der Waals surface area contributed by atoms with Crippen LogP contribution in [0.3, 0.4) is 0 Å². The number of halogens is 1. The number of carbonyl (C=O) groups excluding carboxylic acids is 1. The number of carbonyl (C=O) groups is 1. The van der Waals surface area contributed by atoms with Crippen LogP contribution < -0.4 is 5.32 Å². The van der Waals surface area contributed by atoms with Gasteiger partial charge in [0, 0.05) is 23.8 Å². The van der Waals surface area contributed by atoms with Crippen molar-refractivity contribution in [3.05, 3.63) is 70.9 Å². The topological polar surface area (TPSA) is 42.0 Å². The molecule has 0 atom stereocenters. The van der Waals surface area contributed by atoms with Gasteiger partial charge in [-0.1, -0.05) is 41.9 Å². The van der Waals surface area contributed by atoms with Crippen LogP contribution >= 0.6 is 11.6 Å². The summed E-state index contributed by atoms with van der Waals surface area (Å²) in [7, 11) is 0. The van der Waals surface area contributed by atoms with Crippen molar-refractivity contribution in [3.63, 3.8) is 0 Å². The second-order valence-corrected chi connectivity index (χ2v) is 5.07. The summed E-state index contributed by atoms with van der Waals surface area (Å²) in [5, 5.41) is 4.80. The molecule has 104 valence electrons. The highest BCUT2D eigenvalue weighted by molar-refractivity contribution is 6.33. The predicted octanol–water partition coefficient (Wildman–Crippen LogP) is 4.31. The number of rotatable bonds is 4. The number of pyridine rings is 1. The number of fused-ring (bicyclic) bond motifs is 1. The molecular formula is C17H13ClN2O. The van der Waals surface area contributed by atoms with Crippen molar-refractivity contribution >= 4 is 34.5 Å². The van der Waals surface area contributed by atoms with E-state index in [0.717, 1.165) is 28.4 Å². The lowest BCUT2D eigenvalue weighted by atomic mass is 10.1. The molecule has 0 bridgehead atoms. The number of benzene rings is 2. The van der Waals surface area contributed by atoms with Crippen LogP contribution in [0.15, 0.2) is 54.7 Å². The van der Waals surface area contributed by atoms with E-state index in [1.165, 1.54) is 0 Å². The molecule has 3 aromatic rings. The number of nitrogens with one attached hydrogen (secondary N) is 1. The van der Waals surface area contributed by atoms with Gasteiger partial charge in [0.05, 0.1) is 16.1 Å². The number of aldehydes is 1. The van der Waals surface area contributed by atoms with E-state index in [1.807, 2.05) is 42.5 Å². The first-order valence-electron chi connectivity index (χ1n) is 6.60. The molecule has 0 fully saturated rings. The number of anilines is 1. The summed E-state index contributed by atoms with van der Waals surface area (Å²) in [6, 6.07) is 15.4. The molecule has 0 unspecified atom stereocenters. The van der Waals surface area contributed by atoms with Gasteiger partial charge in [0.15, 0.2) is 6.29 Å². The molecule has 0 aliphatic heterocycles. The van der Waals surface area contributed by atoms with Gasteiger partial charge in [-0.2, -0.15) is 0 Å². The standard InChI is InChI=1S/C17H13ClN2O/c18-15-7-2-8-16(14(15)11-21)20-10-13-5-1-4-12-6-3-9-19-17(12)13/h1-9,11,20H,10H2. The van der Waals surface area contributed by atoms with Crippen molar-refractivity contribution in [2.45, 2.75) is 6.54 Å². The first-order chi connectivity index (χ1) is 10.3. The maximum Gasteiger partial charge on any atom is 0.153 e. The quantitative estimate of drug-likeness (QED) is 0.729. The van der Waals surface area contributed by atoms with E-state index in [9.17, 15) is 4.79 Å². The smallest absolute Gasteiger partial charge is 0.153 e. The third-order valence-corrected chi connectivity index (χ3v) is 3.69. The number of aromatic nitrogens is 1. The second-order valence-electron chi connectivity index (χ2n) is 4.66. The minimum atomic E-state index is 0.450. The van der Waals surface area contributed by atoms with Gasteiger partial charge in [-0.3, -0.25) is 9.78 Å². The molecule has 0 saturated heterocycles. The monoisotopic (exact) mass is 296 g/mol. The molecule has 4 heteroatoms. The largest absolute Gasteiger partial charge is 0.380 e. The van der Waals surface area contributed by atoms with Crippen LogP contribution in [0.4, 0.5) is 5.69 Å². The molecule has 3 nitrogen and oxygen atoms in total. The number of nitrogens with zero attached hydrogens (tertiary/aromatic N) is 1. The maximum atomic E-state index is 11.1. The normalized spacial score (nSPS) is 10.5. The van der Waals surface area contributed by atoms with Crippen LogP contribution in [0.1, 0.15) is 15.9 Å². The summed E-state index contributed by atoms with van der Waals surface area (Å²) < 4.78 is 0. The summed E-state index contributed by atoms with van der Waals surface area (Å²) in [5.74, 6) is 0. The van der Waals surface area contributed by atoms with Crippen LogP contribution in [0, 0.1) is 0 Å². The predicted molar refractivity (Wildman–Crippen MR) is 85.9 cm³/mol. The van der Waals surface area contributed by atoms with Crippen molar-refractivity contribution < 1.29 is 4.79 Å². The highest BCUT2D eigenvalue weighted by Crippen LogP contribution is 2.24. The van der Waals surface area contributed by atoms with Crippen LogP contribution in [0.2, 0.25) is 5.02 Å². The third kappa shape index (κ3) is 2.73. The lowest BCUT2D eigenvalue weighted by Gasteiger charge is -2.11. The van der Waals surface area contributed by atoms with Crippen molar-refractivity contribution in [2.75, 3.05) is 5.32 Å². The SMILES string of the molecule is O=Cc1c(Cl)cccc1NCc1cccc2cccnc12. The van der Waals surface area contributed by atoms with E-state index < -0.39 is 0 Å². The van der Waals surface area contributed by atoms with Crippen LogP contribution in [0.25, 0.3) is 10.9 Å². The van der Waals surface area contributed by atoms with E-state index in [2.05, 4.69) is 10.3 Å². The highest BCUT2D eigenvalue weighted by atomic mass is 35.5. The van der Waals surface area contributed by atoms with Gasteiger partial charge in [-0.25, -0.2) is 0 Å². The number of hydrogen-bond acceptors (Lipinski definition) is 3. The summed E-state index contributed by atoms with van der Waals surface area (Å²) in [5.41, 5.74) is 3.24. The molecule has 1 heterocycles. The molecule has 0 aliphatic rings.